The molecular formula is C21H24N2O5. The summed E-state index contributed by atoms with van der Waals surface area (Å²) in [6.07, 6.45) is -0.861. The first kappa shape index (κ1) is 21.0. The van der Waals surface area contributed by atoms with Crippen molar-refractivity contribution in [1.82, 2.24) is 5.32 Å². The number of ether oxygens (including phenoxy) is 1. The van der Waals surface area contributed by atoms with E-state index >= 15 is 0 Å². The number of rotatable bonds is 9. The first-order chi connectivity index (χ1) is 13.4. The van der Waals surface area contributed by atoms with Crippen molar-refractivity contribution in [2.24, 2.45) is 0 Å². The van der Waals surface area contributed by atoms with E-state index in [2.05, 4.69) is 5.32 Å². The number of carbonyl (C=O) groups excluding carboxylic acids is 2. The van der Waals surface area contributed by atoms with Crippen molar-refractivity contribution in [3.05, 3.63) is 65.7 Å². The van der Waals surface area contributed by atoms with E-state index in [9.17, 15) is 19.5 Å². The first-order valence-electron chi connectivity index (χ1n) is 8.87. The van der Waals surface area contributed by atoms with Gasteiger partial charge < -0.3 is 20.1 Å². The predicted octanol–water partition coefficient (Wildman–Crippen LogP) is 3.10. The second-order valence-electron chi connectivity index (χ2n) is 6.50. The molecule has 1 atom stereocenters. The number of hydrogen-bond donors (Lipinski definition) is 2. The zero-order chi connectivity index (χ0) is 20.5. The summed E-state index contributed by atoms with van der Waals surface area (Å²) in [7, 11) is 3.80. The molecule has 2 aromatic rings. The van der Waals surface area contributed by atoms with Gasteiger partial charge in [0.25, 0.3) is 0 Å². The van der Waals surface area contributed by atoms with E-state index < -0.39 is 18.1 Å². The van der Waals surface area contributed by atoms with Crippen LogP contribution in [-0.4, -0.2) is 43.1 Å². The van der Waals surface area contributed by atoms with Crippen LogP contribution in [0.25, 0.3) is 0 Å². The van der Waals surface area contributed by atoms with Crippen molar-refractivity contribution in [3.63, 3.8) is 0 Å². The number of carbonyl (C=O) groups is 3. The Morgan fingerprint density at radius 2 is 1.68 bits per heavy atom. The maximum atomic E-state index is 12.3. The number of carboxylic acids is 1. The monoisotopic (exact) mass is 384 g/mol. The van der Waals surface area contributed by atoms with Crippen LogP contribution in [0, 0.1) is 0 Å². The normalized spacial score (nSPS) is 11.4. The van der Waals surface area contributed by atoms with Gasteiger partial charge in [0.05, 0.1) is 0 Å². The number of anilines is 1. The Bertz CT molecular complexity index is 803. The molecule has 0 radical (unpaired) electrons. The fraction of sp³-hybridized carbons (Fsp3) is 0.286. The quantitative estimate of drug-likeness (QED) is 0.645. The van der Waals surface area contributed by atoms with Gasteiger partial charge in [-0.3, -0.25) is 4.79 Å². The molecule has 0 fully saturated rings. The summed E-state index contributed by atoms with van der Waals surface area (Å²) in [4.78, 5) is 37.5. The second-order valence-corrected chi connectivity index (χ2v) is 6.50. The smallest absolute Gasteiger partial charge is 0.408 e. The van der Waals surface area contributed by atoms with Gasteiger partial charge in [-0.2, -0.15) is 0 Å². The number of nitrogens with zero attached hydrogens (tertiary/aromatic N) is 1. The molecule has 2 aromatic carbocycles. The highest BCUT2D eigenvalue weighted by molar-refractivity contribution is 5.96. The molecule has 0 saturated heterocycles. The van der Waals surface area contributed by atoms with Crippen LogP contribution in [0.3, 0.4) is 0 Å². The van der Waals surface area contributed by atoms with E-state index in [1.165, 1.54) is 0 Å². The van der Waals surface area contributed by atoms with Crippen molar-refractivity contribution < 1.29 is 24.2 Å². The summed E-state index contributed by atoms with van der Waals surface area (Å²) in [6, 6.07) is 14.9. The molecule has 28 heavy (non-hydrogen) atoms. The van der Waals surface area contributed by atoms with Gasteiger partial charge in [-0.05, 0) is 36.2 Å². The number of carboxylic acid groups (broad SMARTS) is 1. The molecule has 7 heteroatoms. The van der Waals surface area contributed by atoms with Gasteiger partial charge in [-0.15, -0.1) is 0 Å². The van der Waals surface area contributed by atoms with E-state index in [0.717, 1.165) is 11.3 Å². The van der Waals surface area contributed by atoms with Gasteiger partial charge in [-0.25, -0.2) is 9.59 Å². The van der Waals surface area contributed by atoms with Gasteiger partial charge in [0.1, 0.15) is 12.6 Å². The van der Waals surface area contributed by atoms with Crippen LogP contribution in [0.1, 0.15) is 28.8 Å². The molecule has 0 saturated carbocycles. The van der Waals surface area contributed by atoms with Crippen LogP contribution in [0.2, 0.25) is 0 Å². The van der Waals surface area contributed by atoms with Crippen molar-refractivity contribution in [3.8, 4) is 0 Å². The van der Waals surface area contributed by atoms with Crippen molar-refractivity contribution in [1.29, 1.82) is 0 Å². The number of benzene rings is 2. The molecule has 0 bridgehead atoms. The molecule has 0 aliphatic heterocycles. The highest BCUT2D eigenvalue weighted by atomic mass is 16.5. The maximum Gasteiger partial charge on any atom is 0.408 e. The zero-order valence-electron chi connectivity index (χ0n) is 15.9. The maximum absolute atomic E-state index is 12.3. The topological polar surface area (TPSA) is 95.9 Å². The second kappa shape index (κ2) is 10.1. The van der Waals surface area contributed by atoms with Crippen LogP contribution in [0.5, 0.6) is 0 Å². The summed E-state index contributed by atoms with van der Waals surface area (Å²) in [6.45, 7) is 0.0379. The Morgan fingerprint density at radius 3 is 2.25 bits per heavy atom. The minimum Gasteiger partial charge on any atom is -0.480 e. The number of nitrogens with one attached hydrogen (secondary N) is 1. The highest BCUT2D eigenvalue weighted by Crippen LogP contribution is 2.14. The largest absolute Gasteiger partial charge is 0.480 e. The summed E-state index contributed by atoms with van der Waals surface area (Å²) >= 11 is 0. The molecule has 0 aliphatic carbocycles. The number of Topliss-reactive ketones (excluding diaryl/α,β-unsaturated/α-hetero) is 1. The summed E-state index contributed by atoms with van der Waals surface area (Å²) < 4.78 is 5.03. The highest BCUT2D eigenvalue weighted by Gasteiger charge is 2.22. The molecule has 7 nitrogen and oxygen atoms in total. The van der Waals surface area contributed by atoms with Crippen molar-refractivity contribution >= 4 is 23.5 Å². The van der Waals surface area contributed by atoms with Gasteiger partial charge in [0.15, 0.2) is 5.78 Å². The van der Waals surface area contributed by atoms with Crippen molar-refractivity contribution in [2.75, 3.05) is 19.0 Å². The average Bonchev–Trinajstić information content (AvgIpc) is 2.70. The number of amides is 1. The summed E-state index contributed by atoms with van der Waals surface area (Å²) in [5.74, 6) is -1.40. The molecule has 0 spiro atoms. The van der Waals surface area contributed by atoms with Crippen LogP contribution in [0.4, 0.5) is 10.5 Å². The lowest BCUT2D eigenvalue weighted by atomic mass is 10.0. The fourth-order valence-corrected chi connectivity index (χ4v) is 2.53. The molecular weight excluding hydrogens is 360 g/mol. The molecule has 0 aliphatic rings. The SMILES string of the molecule is CN(C)c1ccc(C(=O)CCC(NC(=O)OCc2ccccc2)C(=O)O)cc1. The predicted molar refractivity (Wildman–Crippen MR) is 106 cm³/mol. The summed E-state index contributed by atoms with van der Waals surface area (Å²) in [5, 5.41) is 11.6. The van der Waals surface area contributed by atoms with Crippen LogP contribution < -0.4 is 10.2 Å². The van der Waals surface area contributed by atoms with Gasteiger partial charge in [-0.1, -0.05) is 30.3 Å². The molecule has 148 valence electrons. The van der Waals surface area contributed by atoms with Gasteiger partial charge >= 0.3 is 12.1 Å². The van der Waals surface area contributed by atoms with Crippen LogP contribution in [0.15, 0.2) is 54.6 Å². The van der Waals surface area contributed by atoms with E-state index in [-0.39, 0.29) is 25.2 Å². The lowest BCUT2D eigenvalue weighted by Crippen LogP contribution is -2.41. The van der Waals surface area contributed by atoms with Crippen LogP contribution >= 0.6 is 0 Å². The fourth-order valence-electron chi connectivity index (χ4n) is 2.53. The molecule has 2 N–H and O–H groups in total. The number of alkyl carbamates (subject to hydrolysis) is 1. The summed E-state index contributed by atoms with van der Waals surface area (Å²) in [5.41, 5.74) is 2.25. The third-order valence-corrected chi connectivity index (χ3v) is 4.17. The minimum atomic E-state index is -1.22. The average molecular weight is 384 g/mol. The minimum absolute atomic E-state index is 0.00274. The van der Waals surface area contributed by atoms with Gasteiger partial charge in [0.2, 0.25) is 0 Å². The van der Waals surface area contributed by atoms with E-state index in [1.54, 1.807) is 24.3 Å². The first-order valence-corrected chi connectivity index (χ1v) is 8.87. The van der Waals surface area contributed by atoms with Crippen molar-refractivity contribution in [2.45, 2.75) is 25.5 Å². The Hall–Kier alpha value is -3.35. The molecule has 0 aromatic heterocycles. The third-order valence-electron chi connectivity index (χ3n) is 4.17. The van der Waals surface area contributed by atoms with E-state index in [4.69, 9.17) is 4.74 Å². The molecule has 1 unspecified atom stereocenters. The molecule has 0 heterocycles. The van der Waals surface area contributed by atoms with Crippen LogP contribution in [-0.2, 0) is 16.1 Å². The van der Waals surface area contributed by atoms with E-state index in [0.29, 0.717) is 5.56 Å². The standard InChI is InChI=1S/C21H24N2O5/c1-23(2)17-10-8-16(9-11-17)19(24)13-12-18(20(25)26)22-21(27)28-14-15-6-4-3-5-7-15/h3-11,18H,12-14H2,1-2H3,(H,22,27)(H,25,26). The Labute approximate surface area is 163 Å². The third kappa shape index (κ3) is 6.42. The lowest BCUT2D eigenvalue weighted by molar-refractivity contribution is -0.139. The zero-order valence-corrected chi connectivity index (χ0v) is 15.9. The number of hydrogen-bond acceptors (Lipinski definition) is 5. The van der Waals surface area contributed by atoms with Gasteiger partial charge in [0, 0.05) is 31.8 Å². The Balaban J connectivity index is 1.85. The van der Waals surface area contributed by atoms with E-state index in [1.807, 2.05) is 49.3 Å². The molecule has 1 amide bonds. The molecule has 2 rings (SSSR count). The lowest BCUT2D eigenvalue weighted by Gasteiger charge is -2.15. The number of ketones is 1. The Morgan fingerprint density at radius 1 is 1.04 bits per heavy atom. The number of aliphatic carboxylic acids is 1. The Kier molecular flexibility index (Phi) is 7.56.